The molecule has 0 aromatic heterocycles. The number of nitrogens with two attached hydrogens (primary N) is 1. The third-order valence-corrected chi connectivity index (χ3v) is 32.5. The average Bonchev–Trinajstić information content (AvgIpc) is 1.62. The number of methoxy groups -OCH3 is 6. The number of ether oxygens (including phenoxy) is 12. The molecule has 14 unspecified atom stereocenters. The molecule has 0 spiro atoms. The molecule has 740 valence electrons. The Morgan fingerprint density at radius 2 is 0.938 bits per heavy atom. The molecule has 8 N–H and O–H groups in total. The summed E-state index contributed by atoms with van der Waals surface area (Å²) in [5.41, 5.74) is 1.80. The first-order valence-electron chi connectivity index (χ1n) is 44.9. The Labute approximate surface area is 809 Å². The fourth-order valence-corrected chi connectivity index (χ4v) is 26.7. The van der Waals surface area contributed by atoms with E-state index in [1.54, 1.807) is 96.6 Å². The quantitative estimate of drug-likeness (QED) is 0.00849. The van der Waals surface area contributed by atoms with Crippen molar-refractivity contribution in [2.24, 2.45) is 17.6 Å². The van der Waals surface area contributed by atoms with Crippen LogP contribution >= 0.6 is 38.5 Å². The van der Waals surface area contributed by atoms with Crippen molar-refractivity contribution in [3.05, 3.63) is 48.6 Å². The first-order chi connectivity index (χ1) is 60.0. The van der Waals surface area contributed by atoms with Gasteiger partial charge in [0.1, 0.15) is 58.2 Å². The molecule has 4 radical (unpaired) electrons. The molecule has 0 aromatic carbocycles. The average molecular weight is 2130 g/mol. The van der Waals surface area contributed by atoms with Crippen molar-refractivity contribution < 1.29 is 125 Å². The zero-order valence-corrected chi connectivity index (χ0v) is 90.0. The predicted octanol–water partition coefficient (Wildman–Crippen LogP) is 14.9. The Bertz CT molecular complexity index is 3250. The van der Waals surface area contributed by atoms with Gasteiger partial charge in [0.25, 0.3) is 0 Å². The van der Waals surface area contributed by atoms with Gasteiger partial charge in [0.15, 0.2) is 6.04 Å². The number of unbranched alkanes of at least 4 members (excludes halogenated alkanes) is 3. The molecular weight excluding hydrogens is 1970 g/mol. The molecule has 4 fully saturated rings. The van der Waals surface area contributed by atoms with Crippen molar-refractivity contribution in [1.82, 2.24) is 25.3 Å². The normalized spacial score (nSPS) is 21.3. The number of nitrogens with zero attached hydrogens (tertiary/aromatic N) is 3. The van der Waals surface area contributed by atoms with Crippen molar-refractivity contribution >= 4 is 149 Å². The van der Waals surface area contributed by atoms with Crippen LogP contribution < -0.4 is 16.4 Å². The molecule has 6 aliphatic carbocycles. The number of likely N-dealkylation sites (tertiary alicyclic amines) is 1. The molecule has 3 amide bonds. The summed E-state index contributed by atoms with van der Waals surface area (Å²) >= 11 is 6.24. The van der Waals surface area contributed by atoms with Crippen LogP contribution in [0.15, 0.2) is 48.6 Å². The van der Waals surface area contributed by atoms with Gasteiger partial charge in [0, 0.05) is 35.8 Å². The summed E-state index contributed by atoms with van der Waals surface area (Å²) < 4.78 is 68.9. The van der Waals surface area contributed by atoms with Crippen LogP contribution in [-0.4, -0.2) is 307 Å². The SMILES string of the molecule is BrC1C=CCC1.CC(C)(C)OC(=O)OC(=O)OC(C)(C)C.CCC[CH2][SnH]([CH2]CCC)[CH2]CCC.COC(=O)C(CI)N(C(=O)OC(C)(C)C)C1C=CCC1.COC(=O)C(CO)N(C(=O)OC(C)(C)C)C1C=CCC1.COC(=O)C(CO)NC1C=CCC1.COC(=O)C(N)CO.COC(=O)C1CC2CCCC2N1.COC(=O)C1CC2CCCC2N1C(=O)OC(C)(C)C.[B].[NH]=[Al]. The van der Waals surface area contributed by atoms with Crippen molar-refractivity contribution in [2.45, 2.75) is 378 Å². The Morgan fingerprint density at radius 3 is 1.28 bits per heavy atom. The van der Waals surface area contributed by atoms with E-state index < -0.39 is 139 Å². The molecule has 2 heterocycles. The molecule has 33 nitrogen and oxygen atoms in total. The summed E-state index contributed by atoms with van der Waals surface area (Å²) in [6.45, 7) is 32.1. The van der Waals surface area contributed by atoms with Crippen molar-refractivity contribution in [1.29, 1.82) is 4.35 Å². The second kappa shape index (κ2) is 68.5. The number of aliphatic hydroxyl groups is 3. The summed E-state index contributed by atoms with van der Waals surface area (Å²) in [6.07, 6.45) is 37.9. The van der Waals surface area contributed by atoms with Crippen LogP contribution in [0.3, 0.4) is 0 Å². The molecule has 0 aromatic rings. The van der Waals surface area contributed by atoms with Gasteiger partial charge < -0.3 is 83.2 Å². The number of carbonyl (C=O) groups excluding carboxylic acids is 11. The van der Waals surface area contributed by atoms with E-state index in [4.69, 9.17) is 58.2 Å². The number of fused-ring (bicyclic) bond motifs is 2. The minimum atomic E-state index is -1.06. The fourth-order valence-electron chi connectivity index (χ4n) is 14.5. The molecule has 8 rings (SSSR count). The number of hydrogen-bond donors (Lipinski definition) is 7. The van der Waals surface area contributed by atoms with Gasteiger partial charge in [0.05, 0.1) is 74.6 Å². The van der Waals surface area contributed by atoms with Crippen LogP contribution in [-0.2, 0) is 85.6 Å². The van der Waals surface area contributed by atoms with Gasteiger partial charge in [-0.3, -0.25) is 34.4 Å². The van der Waals surface area contributed by atoms with Crippen LogP contribution in [0.5, 0.6) is 0 Å². The number of halogens is 2. The van der Waals surface area contributed by atoms with E-state index in [9.17, 15) is 57.8 Å². The first kappa shape index (κ1) is 128. The minimum absolute atomic E-state index is 0. The fraction of sp³-hybridized carbons (Fsp3) is 0.791. The van der Waals surface area contributed by atoms with Crippen molar-refractivity contribution in [2.75, 3.05) is 66.9 Å². The number of rotatable bonds is 25. The summed E-state index contributed by atoms with van der Waals surface area (Å²) in [5.74, 6) is -1.35. The second-order valence-corrected chi connectivity index (χ2v) is 48.7. The standard InChI is InChI=1S/C14H22INO4.C14H23NO5.C14H23NO4.C10H18O5.C9H15NO3.C9H15NO2.C5H7Br.C4H9NO3.3C4H9.Al.B.HN.Sn.H/c1-14(2,3)20-13(18)16(10-7-5-6-8-10)11(9-15)12(17)19-4;1-14(2,3)20-13(18)15(10-7-5-6-8-10)11(9-16)12(17)19-4;1-14(2,3)19-13(17)15-10-7-5-6-9(10)8-11(15)12(16)18-4;1-9(2,3)14-7(11)13-8(12)15-10(4,5)6;1-13-9(12)8(6-11)10-7-4-2-3-5-7;1-12-9(11)8-5-6-3-2-4-7(6)10-8;6-5-3-1-2-4-5;1-8-4(7)3(5)2-6;3*1-3-4-2;;;;;/h5,7,10-11H,6,8-9H2,1-4H3;5,7,10-11,16H,6,8-9H2,1-4H3;9-11H,5-8H2,1-4H3;1-6H3;2,4,7-8,10-11H,3,5-6H2,1H3;6-8,10H,2-5H2,1H3;1,3,5H,2,4H2;3,6H,2,5H2,1H3;3*1,3-4H2,2H3;;;1H;;. The van der Waals surface area contributed by atoms with E-state index in [1.165, 1.54) is 123 Å². The third-order valence-electron chi connectivity index (χ3n) is 20.4. The number of alkyl halides is 2. The topological polar surface area (TPSA) is 443 Å². The third kappa shape index (κ3) is 55.2. The van der Waals surface area contributed by atoms with Crippen molar-refractivity contribution in [3.8, 4) is 0 Å². The van der Waals surface area contributed by atoms with E-state index >= 15 is 0 Å². The van der Waals surface area contributed by atoms with Crippen LogP contribution in [0.2, 0.25) is 13.3 Å². The summed E-state index contributed by atoms with van der Waals surface area (Å²) in [4.78, 5) is 132. The Morgan fingerprint density at radius 1 is 0.519 bits per heavy atom. The van der Waals surface area contributed by atoms with Crippen molar-refractivity contribution in [3.63, 3.8) is 0 Å². The zero-order chi connectivity index (χ0) is 98.3. The molecule has 2 saturated heterocycles. The maximum atomic E-state index is 12.4. The number of aliphatic hydroxyl groups excluding tert-OH is 3. The molecule has 8 aliphatic rings. The number of nitrogens with one attached hydrogen (secondary N) is 3. The van der Waals surface area contributed by atoms with Gasteiger partial charge >= 0.3 is 179 Å². The molecule has 2 saturated carbocycles. The Balaban J connectivity index is -0.00000140. The van der Waals surface area contributed by atoms with E-state index in [1.807, 2.05) is 71.9 Å². The molecular formula is C91H161AlBBrIN7O26Sn. The van der Waals surface area contributed by atoms with Crippen LogP contribution in [0.4, 0.5) is 24.0 Å². The van der Waals surface area contributed by atoms with Gasteiger partial charge in [-0.1, -0.05) is 100.0 Å². The predicted molar refractivity (Wildman–Crippen MR) is 513 cm³/mol. The van der Waals surface area contributed by atoms with E-state index in [2.05, 4.69) is 107 Å². The Hall–Kier alpha value is -5.50. The van der Waals surface area contributed by atoms with Crippen LogP contribution in [0, 0.1) is 16.2 Å². The molecule has 2 aliphatic heterocycles. The summed E-state index contributed by atoms with van der Waals surface area (Å²) in [6, 6.07) is -3.11. The molecule has 129 heavy (non-hydrogen) atoms. The number of amides is 3. The van der Waals surface area contributed by atoms with E-state index in [0.717, 1.165) is 63.7 Å². The van der Waals surface area contributed by atoms with Gasteiger partial charge in [-0.15, -0.1) is 0 Å². The Kier molecular flexibility index (Phi) is 67.8. The van der Waals surface area contributed by atoms with Gasteiger partial charge in [-0.2, -0.15) is 0 Å². The number of carbonyl (C=O) groups is 11. The molecule has 14 atom stereocenters. The number of esters is 6. The van der Waals surface area contributed by atoms with Gasteiger partial charge in [-0.05, 0) is 206 Å². The molecule has 38 heteroatoms. The van der Waals surface area contributed by atoms with Crippen LogP contribution in [0.1, 0.15) is 266 Å². The van der Waals surface area contributed by atoms with Gasteiger partial charge in [-0.25, -0.2) is 38.4 Å². The first-order valence-corrected chi connectivity index (χ1v) is 54.9. The summed E-state index contributed by atoms with van der Waals surface area (Å²) in [5, 5.41) is 32.9. The van der Waals surface area contributed by atoms with Crippen LogP contribution in [0.25, 0.3) is 0 Å². The zero-order valence-electron chi connectivity index (χ0n) is 81.8. The molecule has 0 bridgehead atoms. The number of allylic oxidation sites excluding steroid dienone is 5. The van der Waals surface area contributed by atoms with E-state index in [-0.39, 0.29) is 63.8 Å². The van der Waals surface area contributed by atoms with Gasteiger partial charge in [0.2, 0.25) is 0 Å². The van der Waals surface area contributed by atoms with E-state index in [0.29, 0.717) is 34.1 Å². The summed E-state index contributed by atoms with van der Waals surface area (Å²) in [7, 11) is 7.92. The maximum absolute atomic E-state index is 12.4. The monoisotopic (exact) mass is 2130 g/mol. The number of hydrogen-bond acceptors (Lipinski definition) is 30. The second-order valence-electron chi connectivity index (χ2n) is 36.7.